The Balaban J connectivity index is 2.11. The van der Waals surface area contributed by atoms with Gasteiger partial charge in [-0.1, -0.05) is 35.3 Å². The maximum atomic E-state index is 11.9. The minimum Gasteiger partial charge on any atom is -0.306 e. The predicted molar refractivity (Wildman–Crippen MR) is 80.3 cm³/mol. The highest BCUT2D eigenvalue weighted by atomic mass is 35.5. The summed E-state index contributed by atoms with van der Waals surface area (Å²) in [5.41, 5.74) is 1.24. The second-order valence-corrected chi connectivity index (χ2v) is 4.70. The van der Waals surface area contributed by atoms with Gasteiger partial charge in [-0.25, -0.2) is 4.79 Å². The fourth-order valence-electron chi connectivity index (χ4n) is 1.56. The summed E-state index contributed by atoms with van der Waals surface area (Å²) >= 11 is 11.7. The van der Waals surface area contributed by atoms with Gasteiger partial charge in [0.05, 0.1) is 22.0 Å². The molecular formula is C14H9Cl2N3O. The highest BCUT2D eigenvalue weighted by Gasteiger charge is 2.08. The van der Waals surface area contributed by atoms with Crippen LogP contribution in [0.5, 0.6) is 0 Å². The fourth-order valence-corrected chi connectivity index (χ4v) is 2.01. The third-order valence-corrected chi connectivity index (χ3v) is 3.02. The molecule has 0 atom stereocenters. The molecule has 0 saturated heterocycles. The van der Waals surface area contributed by atoms with Crippen molar-refractivity contribution in [3.05, 3.63) is 58.1 Å². The van der Waals surface area contributed by atoms with E-state index < -0.39 is 6.03 Å². The Bertz CT molecular complexity index is 695. The monoisotopic (exact) mass is 305 g/mol. The van der Waals surface area contributed by atoms with Crippen LogP contribution in [-0.2, 0) is 0 Å². The molecule has 2 amide bonds. The number of amides is 2. The second kappa shape index (κ2) is 6.29. The molecule has 0 aromatic heterocycles. The number of carbonyl (C=O) groups excluding carboxylic acids is 1. The number of hydrogen-bond donors (Lipinski definition) is 2. The Kier molecular flexibility index (Phi) is 4.46. The molecule has 0 heterocycles. The maximum Gasteiger partial charge on any atom is 0.323 e. The molecule has 4 nitrogen and oxygen atoms in total. The van der Waals surface area contributed by atoms with E-state index in [4.69, 9.17) is 28.5 Å². The number of nitrogens with one attached hydrogen (secondary N) is 2. The molecule has 2 rings (SSSR count). The Morgan fingerprint density at radius 1 is 1.05 bits per heavy atom. The molecule has 0 unspecified atom stereocenters. The summed E-state index contributed by atoms with van der Waals surface area (Å²) in [6.07, 6.45) is 0. The first-order valence-corrected chi connectivity index (χ1v) is 6.38. The number of hydrogen-bond acceptors (Lipinski definition) is 2. The van der Waals surface area contributed by atoms with Crippen molar-refractivity contribution in [2.24, 2.45) is 0 Å². The van der Waals surface area contributed by atoms with E-state index in [9.17, 15) is 4.79 Å². The van der Waals surface area contributed by atoms with Crippen molar-refractivity contribution in [2.75, 3.05) is 10.6 Å². The zero-order valence-electron chi connectivity index (χ0n) is 10.2. The van der Waals surface area contributed by atoms with Crippen molar-refractivity contribution < 1.29 is 4.79 Å². The smallest absolute Gasteiger partial charge is 0.306 e. The molecule has 0 spiro atoms. The van der Waals surface area contributed by atoms with Gasteiger partial charge in [0.2, 0.25) is 0 Å². The summed E-state index contributed by atoms with van der Waals surface area (Å²) < 4.78 is 0. The number of nitriles is 1. The van der Waals surface area contributed by atoms with Gasteiger partial charge in [0, 0.05) is 5.02 Å². The van der Waals surface area contributed by atoms with Crippen LogP contribution in [0.1, 0.15) is 5.56 Å². The normalized spacial score (nSPS) is 9.65. The summed E-state index contributed by atoms with van der Waals surface area (Å²) in [5, 5.41) is 14.9. The van der Waals surface area contributed by atoms with Crippen LogP contribution < -0.4 is 10.6 Å². The van der Waals surface area contributed by atoms with Gasteiger partial charge in [-0.2, -0.15) is 5.26 Å². The minimum atomic E-state index is -0.489. The van der Waals surface area contributed by atoms with Crippen LogP contribution in [-0.4, -0.2) is 6.03 Å². The number of rotatable bonds is 2. The number of urea groups is 1. The number of carbonyl (C=O) groups is 1. The molecule has 0 aliphatic rings. The molecule has 2 N–H and O–H groups in total. The van der Waals surface area contributed by atoms with Crippen LogP contribution in [0.15, 0.2) is 42.5 Å². The lowest BCUT2D eigenvalue weighted by atomic mass is 10.2. The van der Waals surface area contributed by atoms with Crippen LogP contribution in [0.4, 0.5) is 16.2 Å². The van der Waals surface area contributed by atoms with E-state index in [-0.39, 0.29) is 0 Å². The number of benzene rings is 2. The zero-order chi connectivity index (χ0) is 14.5. The Morgan fingerprint density at radius 2 is 1.75 bits per heavy atom. The van der Waals surface area contributed by atoms with Gasteiger partial charge in [0.25, 0.3) is 0 Å². The van der Waals surface area contributed by atoms with E-state index in [0.29, 0.717) is 27.0 Å². The van der Waals surface area contributed by atoms with E-state index in [2.05, 4.69) is 10.6 Å². The van der Waals surface area contributed by atoms with Crippen molar-refractivity contribution in [3.63, 3.8) is 0 Å². The zero-order valence-corrected chi connectivity index (χ0v) is 11.7. The molecule has 2 aromatic rings. The van der Waals surface area contributed by atoms with E-state index in [0.717, 1.165) is 0 Å². The standard InChI is InChI=1S/C14H9Cl2N3O/c15-10-5-6-13(11(16)7-10)19-14(20)18-12-4-2-1-3-9(12)8-17/h1-7H,(H2,18,19,20). The van der Waals surface area contributed by atoms with Gasteiger partial charge in [0.1, 0.15) is 6.07 Å². The van der Waals surface area contributed by atoms with Crippen molar-refractivity contribution in [1.29, 1.82) is 5.26 Å². The summed E-state index contributed by atoms with van der Waals surface area (Å²) in [7, 11) is 0. The van der Waals surface area contributed by atoms with Gasteiger partial charge < -0.3 is 10.6 Å². The van der Waals surface area contributed by atoms with Crippen molar-refractivity contribution >= 4 is 40.6 Å². The lowest BCUT2D eigenvalue weighted by Crippen LogP contribution is -2.20. The van der Waals surface area contributed by atoms with Gasteiger partial charge in [-0.15, -0.1) is 0 Å². The molecule has 0 bridgehead atoms. The average Bonchev–Trinajstić information content (AvgIpc) is 2.42. The molecule has 0 saturated carbocycles. The second-order valence-electron chi connectivity index (χ2n) is 3.86. The van der Waals surface area contributed by atoms with E-state index in [1.165, 1.54) is 6.07 Å². The number of nitrogens with zero attached hydrogens (tertiary/aromatic N) is 1. The molecule has 0 fully saturated rings. The van der Waals surface area contributed by atoms with Crippen LogP contribution in [0.25, 0.3) is 0 Å². The third-order valence-electron chi connectivity index (χ3n) is 2.48. The van der Waals surface area contributed by atoms with Crippen molar-refractivity contribution in [1.82, 2.24) is 0 Å². The number of para-hydroxylation sites is 1. The van der Waals surface area contributed by atoms with Gasteiger partial charge in [-0.05, 0) is 30.3 Å². The van der Waals surface area contributed by atoms with Crippen molar-refractivity contribution in [3.8, 4) is 6.07 Å². The van der Waals surface area contributed by atoms with Crippen molar-refractivity contribution in [2.45, 2.75) is 0 Å². The van der Waals surface area contributed by atoms with E-state index in [1.54, 1.807) is 36.4 Å². The highest BCUT2D eigenvalue weighted by Crippen LogP contribution is 2.25. The summed E-state index contributed by atoms with van der Waals surface area (Å²) in [5.74, 6) is 0. The molecular weight excluding hydrogens is 297 g/mol. The topological polar surface area (TPSA) is 64.9 Å². The van der Waals surface area contributed by atoms with Crippen LogP contribution in [0.3, 0.4) is 0 Å². The summed E-state index contributed by atoms with van der Waals surface area (Å²) in [4.78, 5) is 11.9. The fraction of sp³-hybridized carbons (Fsp3) is 0. The number of anilines is 2. The molecule has 100 valence electrons. The quantitative estimate of drug-likeness (QED) is 0.857. The Labute approximate surface area is 125 Å². The first kappa shape index (κ1) is 14.2. The largest absolute Gasteiger partial charge is 0.323 e. The Hall–Kier alpha value is -2.22. The summed E-state index contributed by atoms with van der Waals surface area (Å²) in [6, 6.07) is 13.0. The van der Waals surface area contributed by atoms with E-state index in [1.807, 2.05) is 6.07 Å². The molecule has 0 radical (unpaired) electrons. The first-order chi connectivity index (χ1) is 9.60. The summed E-state index contributed by atoms with van der Waals surface area (Å²) in [6.45, 7) is 0. The van der Waals surface area contributed by atoms with Gasteiger partial charge >= 0.3 is 6.03 Å². The van der Waals surface area contributed by atoms with Crippen LogP contribution in [0.2, 0.25) is 10.0 Å². The lowest BCUT2D eigenvalue weighted by molar-refractivity contribution is 0.262. The molecule has 6 heteroatoms. The Morgan fingerprint density at radius 3 is 2.45 bits per heavy atom. The minimum absolute atomic E-state index is 0.334. The molecule has 20 heavy (non-hydrogen) atoms. The van der Waals surface area contributed by atoms with E-state index >= 15 is 0 Å². The lowest BCUT2D eigenvalue weighted by Gasteiger charge is -2.10. The van der Waals surface area contributed by atoms with Gasteiger partial charge in [-0.3, -0.25) is 0 Å². The molecule has 2 aromatic carbocycles. The highest BCUT2D eigenvalue weighted by molar-refractivity contribution is 6.36. The average molecular weight is 306 g/mol. The molecule has 0 aliphatic carbocycles. The molecule has 0 aliphatic heterocycles. The maximum absolute atomic E-state index is 11.9. The first-order valence-electron chi connectivity index (χ1n) is 5.62. The van der Waals surface area contributed by atoms with Crippen LogP contribution >= 0.6 is 23.2 Å². The van der Waals surface area contributed by atoms with Crippen LogP contribution in [0, 0.1) is 11.3 Å². The SMILES string of the molecule is N#Cc1ccccc1NC(=O)Nc1ccc(Cl)cc1Cl. The predicted octanol–water partition coefficient (Wildman–Crippen LogP) is 4.51. The van der Waals surface area contributed by atoms with Gasteiger partial charge in [0.15, 0.2) is 0 Å². The third kappa shape index (κ3) is 3.41. The number of halogens is 2.